The van der Waals surface area contributed by atoms with Crippen LogP contribution in [0, 0.1) is 6.92 Å². The van der Waals surface area contributed by atoms with Crippen LogP contribution in [-0.4, -0.2) is 14.8 Å². The molecule has 0 bridgehead atoms. The second-order valence-corrected chi connectivity index (χ2v) is 4.69. The molecule has 2 N–H and O–H groups in total. The smallest absolute Gasteiger partial charge is 0.153 e. The Morgan fingerprint density at radius 2 is 2.17 bits per heavy atom. The molecule has 2 heterocycles. The molecule has 0 amide bonds. The Morgan fingerprint density at radius 3 is 2.72 bits per heavy atom. The number of aromatic nitrogens is 3. The highest BCUT2D eigenvalue weighted by molar-refractivity contribution is 6.31. The summed E-state index contributed by atoms with van der Waals surface area (Å²) in [6.45, 7) is 4.50. The van der Waals surface area contributed by atoms with Crippen LogP contribution in [0.25, 0.3) is 5.82 Å². The Morgan fingerprint density at radius 1 is 1.39 bits per heavy atom. The highest BCUT2D eigenvalue weighted by atomic mass is 35.5. The van der Waals surface area contributed by atoms with Crippen LogP contribution in [0.15, 0.2) is 18.3 Å². The van der Waals surface area contributed by atoms with Gasteiger partial charge in [-0.15, -0.1) is 0 Å². The minimum atomic E-state index is 0.500. The minimum Gasteiger partial charge on any atom is -0.326 e. The molecule has 0 saturated heterocycles. The molecule has 0 fully saturated rings. The zero-order valence-electron chi connectivity index (χ0n) is 10.7. The lowest BCUT2D eigenvalue weighted by Gasteiger charge is -2.07. The summed E-state index contributed by atoms with van der Waals surface area (Å²) in [4.78, 5) is 4.58. The van der Waals surface area contributed by atoms with Crippen molar-refractivity contribution in [1.82, 2.24) is 14.8 Å². The number of pyridine rings is 1. The van der Waals surface area contributed by atoms with E-state index in [0.29, 0.717) is 11.6 Å². The largest absolute Gasteiger partial charge is 0.326 e. The normalized spacial score (nSPS) is 10.9. The average Bonchev–Trinajstić information content (AvgIpc) is 2.70. The van der Waals surface area contributed by atoms with Gasteiger partial charge in [0.25, 0.3) is 0 Å². The van der Waals surface area contributed by atoms with Gasteiger partial charge in [0, 0.05) is 12.2 Å². The Bertz CT molecular complexity index is 528. The molecule has 0 aromatic carbocycles. The average molecular weight is 265 g/mol. The van der Waals surface area contributed by atoms with Gasteiger partial charge in [0.1, 0.15) is 0 Å². The molecule has 2 aromatic rings. The van der Waals surface area contributed by atoms with Crippen molar-refractivity contribution < 1.29 is 0 Å². The summed E-state index contributed by atoms with van der Waals surface area (Å²) in [5, 5.41) is 4.98. The highest BCUT2D eigenvalue weighted by Crippen LogP contribution is 2.17. The number of hydrogen-bond donors (Lipinski definition) is 1. The van der Waals surface area contributed by atoms with Gasteiger partial charge >= 0.3 is 0 Å². The van der Waals surface area contributed by atoms with Crippen LogP contribution in [0.5, 0.6) is 0 Å². The molecule has 0 radical (unpaired) electrons. The van der Waals surface area contributed by atoms with Crippen LogP contribution in [0.3, 0.4) is 0 Å². The summed E-state index contributed by atoms with van der Waals surface area (Å²) in [6, 6.07) is 3.99. The van der Waals surface area contributed by atoms with Gasteiger partial charge in [0.05, 0.1) is 16.9 Å². The molecule has 5 heteroatoms. The van der Waals surface area contributed by atoms with Gasteiger partial charge in [-0.25, -0.2) is 9.67 Å². The Labute approximate surface area is 112 Å². The molecule has 4 nitrogen and oxygen atoms in total. The predicted molar refractivity (Wildman–Crippen MR) is 73.0 cm³/mol. The number of halogens is 1. The maximum atomic E-state index is 6.02. The van der Waals surface area contributed by atoms with Crippen LogP contribution in [0.4, 0.5) is 0 Å². The molecular weight excluding hydrogens is 248 g/mol. The molecule has 0 unspecified atom stereocenters. The summed E-state index contributed by atoms with van der Waals surface area (Å²) in [7, 11) is 0. The van der Waals surface area contributed by atoms with E-state index in [-0.39, 0.29) is 0 Å². The van der Waals surface area contributed by atoms with Crippen molar-refractivity contribution in [2.45, 2.75) is 33.2 Å². The first kappa shape index (κ1) is 13.1. The number of nitrogens with two attached hydrogens (primary N) is 1. The Hall–Kier alpha value is -1.39. The van der Waals surface area contributed by atoms with Gasteiger partial charge in [-0.1, -0.05) is 24.9 Å². The van der Waals surface area contributed by atoms with Crippen molar-refractivity contribution in [3.63, 3.8) is 0 Å². The van der Waals surface area contributed by atoms with Crippen LogP contribution in [-0.2, 0) is 13.0 Å². The van der Waals surface area contributed by atoms with Crippen molar-refractivity contribution in [1.29, 1.82) is 0 Å². The second kappa shape index (κ2) is 5.50. The Kier molecular flexibility index (Phi) is 3.99. The topological polar surface area (TPSA) is 56.7 Å². The zero-order valence-corrected chi connectivity index (χ0v) is 11.4. The molecule has 18 heavy (non-hydrogen) atoms. The van der Waals surface area contributed by atoms with Crippen molar-refractivity contribution in [2.24, 2.45) is 5.73 Å². The first-order valence-corrected chi connectivity index (χ1v) is 6.44. The van der Waals surface area contributed by atoms with Crippen molar-refractivity contribution in [2.75, 3.05) is 0 Å². The monoisotopic (exact) mass is 264 g/mol. The van der Waals surface area contributed by atoms with E-state index in [0.717, 1.165) is 35.6 Å². The van der Waals surface area contributed by atoms with Crippen LogP contribution < -0.4 is 5.73 Å². The van der Waals surface area contributed by atoms with E-state index in [2.05, 4.69) is 17.0 Å². The molecule has 0 aliphatic heterocycles. The van der Waals surface area contributed by atoms with Crippen molar-refractivity contribution in [3.05, 3.63) is 40.3 Å². The third-order valence-electron chi connectivity index (χ3n) is 2.74. The van der Waals surface area contributed by atoms with Crippen LogP contribution in [0.2, 0.25) is 5.02 Å². The minimum absolute atomic E-state index is 0.500. The van der Waals surface area contributed by atoms with E-state index in [1.54, 1.807) is 10.9 Å². The number of rotatable bonds is 4. The molecule has 0 atom stereocenters. The molecular formula is C13H17ClN4. The molecule has 96 valence electrons. The lowest BCUT2D eigenvalue weighted by atomic mass is 10.1. The summed E-state index contributed by atoms with van der Waals surface area (Å²) < 4.78 is 1.70. The van der Waals surface area contributed by atoms with E-state index in [9.17, 15) is 0 Å². The van der Waals surface area contributed by atoms with E-state index >= 15 is 0 Å². The van der Waals surface area contributed by atoms with Crippen molar-refractivity contribution >= 4 is 11.6 Å². The number of aryl methyl sites for hydroxylation is 2. The highest BCUT2D eigenvalue weighted by Gasteiger charge is 2.07. The van der Waals surface area contributed by atoms with Gasteiger partial charge in [-0.2, -0.15) is 5.10 Å². The standard InChI is InChI=1S/C13H17ClN4/c1-3-4-11-5-10(7-15)6-13(16-11)18-8-12(14)9(2)17-18/h5-6,8H,3-4,7,15H2,1-2H3. The SMILES string of the molecule is CCCc1cc(CN)cc(-n2cc(Cl)c(C)n2)n1. The molecule has 0 spiro atoms. The van der Waals surface area contributed by atoms with Gasteiger partial charge in [-0.3, -0.25) is 0 Å². The molecule has 2 rings (SSSR count). The summed E-state index contributed by atoms with van der Waals surface area (Å²) in [5.74, 6) is 0.774. The fraction of sp³-hybridized carbons (Fsp3) is 0.385. The summed E-state index contributed by atoms with van der Waals surface area (Å²) >= 11 is 6.02. The third-order valence-corrected chi connectivity index (χ3v) is 3.11. The van der Waals surface area contributed by atoms with Gasteiger partial charge in [0.2, 0.25) is 0 Å². The quantitative estimate of drug-likeness (QED) is 0.924. The maximum Gasteiger partial charge on any atom is 0.153 e. The van der Waals surface area contributed by atoms with E-state index in [1.165, 1.54) is 0 Å². The summed E-state index contributed by atoms with van der Waals surface area (Å²) in [5.41, 5.74) is 8.62. The molecule has 0 aliphatic rings. The lowest BCUT2D eigenvalue weighted by molar-refractivity contribution is 0.799. The summed E-state index contributed by atoms with van der Waals surface area (Å²) in [6.07, 6.45) is 3.77. The van der Waals surface area contributed by atoms with E-state index in [4.69, 9.17) is 17.3 Å². The predicted octanol–water partition coefficient (Wildman–Crippen LogP) is 2.64. The number of nitrogens with zero attached hydrogens (tertiary/aromatic N) is 3. The van der Waals surface area contributed by atoms with Gasteiger partial charge in [-0.05, 0) is 31.0 Å². The van der Waals surface area contributed by atoms with Gasteiger partial charge < -0.3 is 5.73 Å². The zero-order chi connectivity index (χ0) is 13.1. The number of hydrogen-bond acceptors (Lipinski definition) is 3. The van der Waals surface area contributed by atoms with E-state index in [1.807, 2.05) is 19.1 Å². The maximum absolute atomic E-state index is 6.02. The van der Waals surface area contributed by atoms with Gasteiger partial charge in [0.15, 0.2) is 5.82 Å². The van der Waals surface area contributed by atoms with Crippen molar-refractivity contribution in [3.8, 4) is 5.82 Å². The third kappa shape index (κ3) is 2.71. The first-order valence-electron chi connectivity index (χ1n) is 6.06. The second-order valence-electron chi connectivity index (χ2n) is 4.29. The van der Waals surface area contributed by atoms with Crippen LogP contribution >= 0.6 is 11.6 Å². The fourth-order valence-corrected chi connectivity index (χ4v) is 1.94. The fourth-order valence-electron chi connectivity index (χ4n) is 1.81. The molecule has 0 saturated carbocycles. The molecule has 2 aromatic heterocycles. The van der Waals surface area contributed by atoms with Crippen LogP contribution in [0.1, 0.15) is 30.3 Å². The first-order chi connectivity index (χ1) is 8.63. The lowest BCUT2D eigenvalue weighted by Crippen LogP contribution is -2.05. The molecule has 0 aliphatic carbocycles. The van der Waals surface area contributed by atoms with E-state index < -0.39 is 0 Å². The Balaban J connectivity index is 2.45.